The molecule has 0 aromatic heterocycles. The van der Waals surface area contributed by atoms with Crippen molar-refractivity contribution < 1.29 is 47.7 Å². The molecule has 0 spiro atoms. The summed E-state index contributed by atoms with van der Waals surface area (Å²) in [4.78, 5) is 0. The summed E-state index contributed by atoms with van der Waals surface area (Å²) < 4.78 is 2.76. The SMILES string of the molecule is CP1CC2=CC[C]([Hf+2][CH]3C=Cc4ccccc43)=C2P1C.[Cl-].[Cl-]. The Labute approximate surface area is 159 Å². The summed E-state index contributed by atoms with van der Waals surface area (Å²) >= 11 is -0.754. The minimum absolute atomic E-state index is 0. The molecule has 2 aliphatic carbocycles. The third-order valence-corrected chi connectivity index (χ3v) is 18.2. The van der Waals surface area contributed by atoms with Crippen LogP contribution in [0.5, 0.6) is 0 Å². The molecule has 1 heterocycles. The van der Waals surface area contributed by atoms with Gasteiger partial charge in [-0.1, -0.05) is 0 Å². The van der Waals surface area contributed by atoms with E-state index in [4.69, 9.17) is 0 Å². The van der Waals surface area contributed by atoms with E-state index in [1.54, 1.807) is 11.1 Å². The number of benzene rings is 1. The van der Waals surface area contributed by atoms with Crippen LogP contribution < -0.4 is 24.8 Å². The number of fused-ring (bicyclic) bond motifs is 2. The molecule has 1 fully saturated rings. The molecule has 5 heteroatoms. The predicted molar refractivity (Wildman–Crippen MR) is 88.5 cm³/mol. The Morgan fingerprint density at radius 2 is 1.91 bits per heavy atom. The predicted octanol–water partition coefficient (Wildman–Crippen LogP) is -0.461. The quantitative estimate of drug-likeness (QED) is 0.357. The molecular formula is C17H18Cl2HfP2. The van der Waals surface area contributed by atoms with Crippen LogP contribution in [0.2, 0.25) is 0 Å². The molecule has 0 nitrogen and oxygen atoms in total. The fraction of sp³-hybridized carbons (Fsp3) is 0.294. The first-order valence-corrected chi connectivity index (χ1v) is 15.5. The van der Waals surface area contributed by atoms with E-state index >= 15 is 0 Å². The zero-order chi connectivity index (χ0) is 13.7. The van der Waals surface area contributed by atoms with Gasteiger partial charge in [-0.2, -0.15) is 0 Å². The van der Waals surface area contributed by atoms with E-state index in [0.29, 0.717) is 7.61 Å². The standard InChI is InChI=1S/C9H7.C8H11P2.2ClH.Hf/c1-2-5-9-7-3-6-8(9)4-1;1-9-6-7-4-3-5-8(7)10(9)2;;;/h1-7H;4H,3,6H2,1-2H3;2*1H;/q;;;;+2/p-2. The smallest absolute Gasteiger partial charge is 1.00 e. The van der Waals surface area contributed by atoms with Gasteiger partial charge in [0.25, 0.3) is 0 Å². The van der Waals surface area contributed by atoms with Crippen LogP contribution in [0.3, 0.4) is 0 Å². The second kappa shape index (κ2) is 7.76. The van der Waals surface area contributed by atoms with E-state index < -0.39 is 22.9 Å². The van der Waals surface area contributed by atoms with Crippen LogP contribution in [0, 0.1) is 0 Å². The molecule has 0 amide bonds. The van der Waals surface area contributed by atoms with Crippen molar-refractivity contribution in [3.05, 3.63) is 61.8 Å². The van der Waals surface area contributed by atoms with Crippen molar-refractivity contribution in [2.45, 2.75) is 10.1 Å². The second-order valence-corrected chi connectivity index (χ2v) is 18.1. The maximum atomic E-state index is 2.58. The fourth-order valence-corrected chi connectivity index (χ4v) is 17.5. The minimum atomic E-state index is -0.754. The van der Waals surface area contributed by atoms with Gasteiger partial charge in [0, 0.05) is 0 Å². The summed E-state index contributed by atoms with van der Waals surface area (Å²) in [5.74, 6) is 0. The van der Waals surface area contributed by atoms with Crippen molar-refractivity contribution in [2.75, 3.05) is 19.5 Å². The maximum Gasteiger partial charge on any atom is -1.00 e. The summed E-state index contributed by atoms with van der Waals surface area (Å²) in [5.41, 5.74) is 4.87. The van der Waals surface area contributed by atoms with E-state index in [-0.39, 0.29) is 32.4 Å². The molecule has 1 saturated heterocycles. The molecular weight excluding hydrogens is 516 g/mol. The summed E-state index contributed by atoms with van der Waals surface area (Å²) in [6.07, 6.45) is 10.2. The van der Waals surface area contributed by atoms with E-state index in [2.05, 4.69) is 55.8 Å². The molecule has 0 N–H and O–H groups in total. The first kappa shape index (κ1) is 19.1. The van der Waals surface area contributed by atoms with Crippen LogP contribution >= 0.6 is 15.2 Å². The van der Waals surface area contributed by atoms with Crippen LogP contribution in [-0.4, -0.2) is 19.5 Å². The summed E-state index contributed by atoms with van der Waals surface area (Å²) in [6.45, 7) is 5.06. The number of hydrogen-bond acceptors (Lipinski definition) is 0. The summed E-state index contributed by atoms with van der Waals surface area (Å²) in [5, 5.41) is 1.90. The number of hydrogen-bond donors (Lipinski definition) is 0. The summed E-state index contributed by atoms with van der Waals surface area (Å²) in [6, 6.07) is 9.02. The number of rotatable bonds is 2. The largest absolute Gasteiger partial charge is 1.00 e. The van der Waals surface area contributed by atoms with Gasteiger partial charge in [-0.3, -0.25) is 0 Å². The Bertz CT molecular complexity index is 666. The molecule has 114 valence electrons. The Hall–Kier alpha value is 0.750. The maximum absolute atomic E-state index is 2.58. The topological polar surface area (TPSA) is 0 Å². The van der Waals surface area contributed by atoms with E-state index in [0.717, 1.165) is 3.67 Å². The van der Waals surface area contributed by atoms with Gasteiger partial charge >= 0.3 is 136 Å². The molecule has 0 radical (unpaired) electrons. The first-order valence-electron chi connectivity index (χ1n) is 7.15. The van der Waals surface area contributed by atoms with Crippen molar-refractivity contribution in [1.29, 1.82) is 0 Å². The molecule has 1 aromatic rings. The van der Waals surface area contributed by atoms with Crippen molar-refractivity contribution in [3.63, 3.8) is 0 Å². The van der Waals surface area contributed by atoms with Gasteiger partial charge in [0.15, 0.2) is 0 Å². The van der Waals surface area contributed by atoms with Gasteiger partial charge in [0.2, 0.25) is 0 Å². The Morgan fingerprint density at radius 3 is 2.73 bits per heavy atom. The van der Waals surface area contributed by atoms with Crippen LogP contribution in [0.25, 0.3) is 6.08 Å². The normalized spacial score (nSPS) is 27.5. The summed E-state index contributed by atoms with van der Waals surface area (Å²) in [7, 11) is 0.502. The average Bonchev–Trinajstić information content (AvgIpc) is 3.10. The van der Waals surface area contributed by atoms with Gasteiger partial charge in [-0.25, -0.2) is 0 Å². The van der Waals surface area contributed by atoms with E-state index in [1.807, 2.05) is 8.64 Å². The average molecular weight is 534 g/mol. The van der Waals surface area contributed by atoms with Crippen LogP contribution in [-0.2, 0) is 22.9 Å². The van der Waals surface area contributed by atoms with Gasteiger partial charge in [-0.15, -0.1) is 0 Å². The Balaban J connectivity index is 0.000000882. The molecule has 3 unspecified atom stereocenters. The van der Waals surface area contributed by atoms with Crippen molar-refractivity contribution in [2.24, 2.45) is 0 Å². The molecule has 0 saturated carbocycles. The van der Waals surface area contributed by atoms with Crippen molar-refractivity contribution in [3.8, 4) is 0 Å². The number of halogens is 2. The molecule has 22 heavy (non-hydrogen) atoms. The van der Waals surface area contributed by atoms with Gasteiger partial charge in [0.05, 0.1) is 0 Å². The molecule has 0 bridgehead atoms. The second-order valence-electron chi connectivity index (χ2n) is 5.71. The van der Waals surface area contributed by atoms with Gasteiger partial charge in [-0.05, 0) is 0 Å². The van der Waals surface area contributed by atoms with Crippen LogP contribution in [0.4, 0.5) is 0 Å². The monoisotopic (exact) mass is 534 g/mol. The zero-order valence-corrected chi connectivity index (χ0v) is 19.6. The molecule has 3 aliphatic rings. The van der Waals surface area contributed by atoms with E-state index in [1.165, 1.54) is 18.1 Å². The van der Waals surface area contributed by atoms with Crippen LogP contribution in [0.1, 0.15) is 21.2 Å². The van der Waals surface area contributed by atoms with E-state index in [9.17, 15) is 0 Å². The fourth-order valence-electron chi connectivity index (χ4n) is 3.37. The first-order chi connectivity index (χ1) is 9.74. The number of allylic oxidation sites excluding steroid dienone is 5. The van der Waals surface area contributed by atoms with Crippen LogP contribution in [0.15, 0.2) is 50.6 Å². The zero-order valence-electron chi connectivity index (χ0n) is 12.7. The minimum Gasteiger partial charge on any atom is -1.00 e. The molecule has 3 atom stereocenters. The van der Waals surface area contributed by atoms with Gasteiger partial charge < -0.3 is 24.8 Å². The Kier molecular flexibility index (Phi) is 6.73. The third-order valence-electron chi connectivity index (χ3n) is 4.51. The van der Waals surface area contributed by atoms with Crippen molar-refractivity contribution in [1.82, 2.24) is 0 Å². The van der Waals surface area contributed by atoms with Crippen molar-refractivity contribution >= 4 is 21.3 Å². The molecule has 1 aromatic carbocycles. The van der Waals surface area contributed by atoms with Gasteiger partial charge in [0.1, 0.15) is 0 Å². The third kappa shape index (κ3) is 3.27. The molecule has 4 rings (SSSR count). The molecule has 1 aliphatic heterocycles. The Morgan fingerprint density at radius 1 is 1.14 bits per heavy atom.